The van der Waals surface area contributed by atoms with Crippen LogP contribution >= 0.6 is 50.7 Å². The van der Waals surface area contributed by atoms with Crippen LogP contribution in [0, 0.1) is 0 Å². The number of rotatable bonds is 3. The topological polar surface area (TPSA) is 17.1 Å². The summed E-state index contributed by atoms with van der Waals surface area (Å²) >= 11 is 21.3. The number of carbonyl (C=O) groups is 1. The van der Waals surface area contributed by atoms with E-state index in [1.54, 1.807) is 12.1 Å². The van der Waals surface area contributed by atoms with Gasteiger partial charge in [-0.2, -0.15) is 0 Å². The second-order valence-corrected chi connectivity index (χ2v) is 5.82. The SMILES string of the molecule is CC(=O)C(Br)C(C)c1c(Cl)cc(Cl)cc1Cl. The molecule has 0 N–H and O–H groups in total. The minimum Gasteiger partial charge on any atom is -0.299 e. The van der Waals surface area contributed by atoms with E-state index in [1.165, 1.54) is 6.92 Å². The Morgan fingerprint density at radius 1 is 1.25 bits per heavy atom. The number of hydrogen-bond acceptors (Lipinski definition) is 1. The predicted octanol–water partition coefficient (Wildman–Crippen LogP) is 5.10. The Labute approximate surface area is 118 Å². The lowest BCUT2D eigenvalue weighted by atomic mass is 9.96. The third-order valence-electron chi connectivity index (χ3n) is 2.33. The van der Waals surface area contributed by atoms with Crippen molar-refractivity contribution in [3.63, 3.8) is 0 Å². The third-order valence-corrected chi connectivity index (χ3v) is 4.61. The lowest BCUT2D eigenvalue weighted by Crippen LogP contribution is -2.18. The highest BCUT2D eigenvalue weighted by atomic mass is 79.9. The van der Waals surface area contributed by atoms with Crippen LogP contribution in [0.5, 0.6) is 0 Å². The maximum absolute atomic E-state index is 11.3. The van der Waals surface area contributed by atoms with E-state index in [4.69, 9.17) is 34.8 Å². The minimum atomic E-state index is -0.302. The molecule has 0 saturated carbocycles. The zero-order valence-corrected chi connectivity index (χ0v) is 12.6. The van der Waals surface area contributed by atoms with Gasteiger partial charge in [-0.25, -0.2) is 0 Å². The predicted molar refractivity (Wildman–Crippen MR) is 73.3 cm³/mol. The quantitative estimate of drug-likeness (QED) is 0.697. The van der Waals surface area contributed by atoms with Crippen molar-refractivity contribution in [3.05, 3.63) is 32.8 Å². The Kier molecular flexibility index (Phi) is 5.11. The molecule has 1 aromatic rings. The Hall–Kier alpha value is 0.240. The van der Waals surface area contributed by atoms with Crippen molar-refractivity contribution in [1.82, 2.24) is 0 Å². The molecule has 0 radical (unpaired) electrons. The first-order chi connectivity index (χ1) is 7.34. The highest BCUT2D eigenvalue weighted by Gasteiger charge is 2.24. The van der Waals surface area contributed by atoms with Crippen LogP contribution in [0.25, 0.3) is 0 Å². The van der Waals surface area contributed by atoms with Crippen LogP contribution in [0.3, 0.4) is 0 Å². The molecule has 2 atom stereocenters. The first-order valence-electron chi connectivity index (χ1n) is 4.63. The lowest BCUT2D eigenvalue weighted by Gasteiger charge is -2.19. The molecule has 1 rings (SSSR count). The number of carbonyl (C=O) groups excluding carboxylic acids is 1. The summed E-state index contributed by atoms with van der Waals surface area (Å²) in [5.41, 5.74) is 0.741. The van der Waals surface area contributed by atoms with Crippen molar-refractivity contribution in [2.45, 2.75) is 24.6 Å². The molecule has 88 valence electrons. The fourth-order valence-electron chi connectivity index (χ4n) is 1.49. The maximum Gasteiger partial charge on any atom is 0.144 e. The first kappa shape index (κ1) is 14.3. The van der Waals surface area contributed by atoms with Crippen molar-refractivity contribution in [3.8, 4) is 0 Å². The maximum atomic E-state index is 11.3. The number of Topliss-reactive ketones (excluding diaryl/α,β-unsaturated/α-hetero) is 1. The zero-order valence-electron chi connectivity index (χ0n) is 8.73. The molecule has 0 spiro atoms. The zero-order chi connectivity index (χ0) is 12.5. The monoisotopic (exact) mass is 342 g/mol. The number of hydrogen-bond donors (Lipinski definition) is 0. The van der Waals surface area contributed by atoms with E-state index >= 15 is 0 Å². The van der Waals surface area contributed by atoms with Crippen LogP contribution in [-0.4, -0.2) is 10.6 Å². The van der Waals surface area contributed by atoms with Crippen molar-refractivity contribution >= 4 is 56.5 Å². The van der Waals surface area contributed by atoms with Crippen LogP contribution in [0.4, 0.5) is 0 Å². The van der Waals surface area contributed by atoms with Gasteiger partial charge in [0.2, 0.25) is 0 Å². The van der Waals surface area contributed by atoms with Gasteiger partial charge in [-0.3, -0.25) is 4.79 Å². The third kappa shape index (κ3) is 3.13. The first-order valence-corrected chi connectivity index (χ1v) is 6.68. The molecule has 16 heavy (non-hydrogen) atoms. The van der Waals surface area contributed by atoms with Crippen molar-refractivity contribution in [2.75, 3.05) is 0 Å². The largest absolute Gasteiger partial charge is 0.299 e. The molecule has 0 amide bonds. The van der Waals surface area contributed by atoms with E-state index in [0.29, 0.717) is 15.1 Å². The molecule has 1 aromatic carbocycles. The summed E-state index contributed by atoms with van der Waals surface area (Å²) in [6.45, 7) is 3.41. The van der Waals surface area contributed by atoms with Gasteiger partial charge in [0.25, 0.3) is 0 Å². The molecule has 0 bridgehead atoms. The van der Waals surface area contributed by atoms with E-state index in [0.717, 1.165) is 5.56 Å². The average molecular weight is 344 g/mol. The molecule has 0 fully saturated rings. The normalized spacial score (nSPS) is 14.6. The van der Waals surface area contributed by atoms with E-state index in [1.807, 2.05) is 6.92 Å². The van der Waals surface area contributed by atoms with E-state index < -0.39 is 0 Å². The molecule has 0 aliphatic rings. The summed E-state index contributed by atoms with van der Waals surface area (Å²) in [4.78, 5) is 11.0. The fraction of sp³-hybridized carbons (Fsp3) is 0.364. The van der Waals surface area contributed by atoms with Gasteiger partial charge < -0.3 is 0 Å². The highest BCUT2D eigenvalue weighted by molar-refractivity contribution is 9.10. The summed E-state index contributed by atoms with van der Waals surface area (Å²) in [6, 6.07) is 3.25. The van der Waals surface area contributed by atoms with Gasteiger partial charge in [0.05, 0.1) is 4.83 Å². The Bertz CT molecular complexity index is 397. The van der Waals surface area contributed by atoms with E-state index in [2.05, 4.69) is 15.9 Å². The van der Waals surface area contributed by atoms with Crippen LogP contribution in [-0.2, 0) is 4.79 Å². The number of halogens is 4. The molecule has 1 nitrogen and oxygen atoms in total. The molecular weight excluding hydrogens is 334 g/mol. The van der Waals surface area contributed by atoms with Gasteiger partial charge in [-0.1, -0.05) is 57.7 Å². The van der Waals surface area contributed by atoms with E-state index in [9.17, 15) is 4.79 Å². The molecule has 2 unspecified atom stereocenters. The number of ketones is 1. The second-order valence-electron chi connectivity index (χ2n) is 3.58. The van der Waals surface area contributed by atoms with Crippen molar-refractivity contribution < 1.29 is 4.79 Å². The smallest absolute Gasteiger partial charge is 0.144 e. The van der Waals surface area contributed by atoms with E-state index in [-0.39, 0.29) is 16.5 Å². The van der Waals surface area contributed by atoms with Crippen LogP contribution in [0.15, 0.2) is 12.1 Å². The minimum absolute atomic E-state index is 0.0367. The molecule has 0 aromatic heterocycles. The van der Waals surface area contributed by atoms with Crippen LogP contribution < -0.4 is 0 Å². The van der Waals surface area contributed by atoms with Crippen LogP contribution in [0.1, 0.15) is 25.3 Å². The van der Waals surface area contributed by atoms with Gasteiger partial charge in [0.1, 0.15) is 5.78 Å². The molecule has 5 heteroatoms. The highest BCUT2D eigenvalue weighted by Crippen LogP contribution is 2.37. The molecule has 0 saturated heterocycles. The van der Waals surface area contributed by atoms with Crippen molar-refractivity contribution in [1.29, 1.82) is 0 Å². The second kappa shape index (κ2) is 5.72. The van der Waals surface area contributed by atoms with Gasteiger partial charge in [-0.15, -0.1) is 0 Å². The van der Waals surface area contributed by atoms with Crippen molar-refractivity contribution in [2.24, 2.45) is 0 Å². The summed E-state index contributed by atoms with van der Waals surface area (Å²) < 4.78 is 0. The molecule has 0 aliphatic heterocycles. The number of benzene rings is 1. The summed E-state index contributed by atoms with van der Waals surface area (Å²) in [5.74, 6) is -0.0654. The molecular formula is C11H10BrCl3O. The van der Waals surface area contributed by atoms with Gasteiger partial charge in [-0.05, 0) is 24.6 Å². The standard InChI is InChI=1S/C11H10BrCl3O/c1-5(11(12)6(2)16)10-8(14)3-7(13)4-9(10)15/h3-5,11H,1-2H3. The summed E-state index contributed by atoms with van der Waals surface area (Å²) in [6.07, 6.45) is 0. The summed E-state index contributed by atoms with van der Waals surface area (Å²) in [7, 11) is 0. The Morgan fingerprint density at radius 3 is 2.06 bits per heavy atom. The Balaban J connectivity index is 3.18. The lowest BCUT2D eigenvalue weighted by molar-refractivity contribution is -0.116. The molecule has 0 aliphatic carbocycles. The number of alkyl halides is 1. The fourth-order valence-corrected chi connectivity index (χ4v) is 2.91. The van der Waals surface area contributed by atoms with Gasteiger partial charge in [0.15, 0.2) is 0 Å². The molecule has 0 heterocycles. The average Bonchev–Trinajstić information content (AvgIpc) is 2.14. The summed E-state index contributed by atoms with van der Waals surface area (Å²) in [5, 5.41) is 1.45. The van der Waals surface area contributed by atoms with Gasteiger partial charge >= 0.3 is 0 Å². The Morgan fingerprint density at radius 2 is 1.69 bits per heavy atom. The van der Waals surface area contributed by atoms with Gasteiger partial charge in [0, 0.05) is 21.0 Å². The van der Waals surface area contributed by atoms with Crippen LogP contribution in [0.2, 0.25) is 15.1 Å².